The quantitative estimate of drug-likeness (QED) is 0.0414. The van der Waals surface area contributed by atoms with E-state index in [4.69, 9.17) is 26.5 Å². The molecular weight excluding hydrogens is 1450 g/mol. The highest BCUT2D eigenvalue weighted by molar-refractivity contribution is 14.1. The number of H-pyrrole nitrogens is 1. The summed E-state index contributed by atoms with van der Waals surface area (Å²) in [4.78, 5) is 1.18. The van der Waals surface area contributed by atoms with Crippen LogP contribution < -0.4 is 5.73 Å². The number of aliphatic hydroxyl groups is 2. The molecule has 10 aromatic rings. The lowest BCUT2D eigenvalue weighted by atomic mass is 9.98. The van der Waals surface area contributed by atoms with Crippen molar-refractivity contribution in [3.63, 3.8) is 0 Å². The lowest BCUT2D eigenvalue weighted by Gasteiger charge is -2.10. The first kappa shape index (κ1) is 75.4. The molecule has 0 aliphatic carbocycles. The van der Waals surface area contributed by atoms with Crippen molar-refractivity contribution in [2.24, 2.45) is 0 Å². The Hall–Kier alpha value is -9.31. The predicted molar refractivity (Wildman–Crippen MR) is 324 cm³/mol. The Balaban J connectivity index is 0.000000218. The number of aromatic amines is 1. The summed E-state index contributed by atoms with van der Waals surface area (Å²) in [5.41, 5.74) is 5.80. The lowest BCUT2D eigenvalue weighted by molar-refractivity contribution is -0.138. The van der Waals surface area contributed by atoms with E-state index in [9.17, 15) is 70.2 Å². The molecule has 94 heavy (non-hydrogen) atoms. The van der Waals surface area contributed by atoms with Gasteiger partial charge in [0.2, 0.25) is 11.6 Å². The highest BCUT2D eigenvalue weighted by Crippen LogP contribution is 2.34. The number of aliphatic hydroxyl groups excluding tert-OH is 2. The average Bonchev–Trinajstić information content (AvgIpc) is 1.43. The van der Waals surface area contributed by atoms with Crippen molar-refractivity contribution in [1.82, 2.24) is 40.8 Å². The van der Waals surface area contributed by atoms with E-state index in [0.717, 1.165) is 52.1 Å². The number of rotatable bonds is 11. The molecule has 0 radical (unpaired) electrons. The second kappa shape index (κ2) is 35.1. The molecule has 5 N–H and O–H groups in total. The maximum atomic E-state index is 14.3. The second-order valence-corrected chi connectivity index (χ2v) is 21.0. The van der Waals surface area contributed by atoms with Crippen LogP contribution in [-0.4, -0.2) is 69.6 Å². The zero-order chi connectivity index (χ0) is 69.4. The number of nitriles is 2. The minimum Gasteiger partial charge on any atom is -0.396 e. The first-order valence-electron chi connectivity index (χ1n) is 26.7. The Morgan fingerprint density at radius 1 is 0.479 bits per heavy atom. The molecule has 0 saturated heterocycles. The van der Waals surface area contributed by atoms with Crippen molar-refractivity contribution in [2.75, 3.05) is 24.3 Å². The number of anilines is 1. The third-order valence-corrected chi connectivity index (χ3v) is 13.5. The Bertz CT molecular complexity index is 4080. The van der Waals surface area contributed by atoms with E-state index in [2.05, 4.69) is 52.0 Å². The number of hydrogen-bond donors (Lipinski definition) is 4. The largest absolute Gasteiger partial charge is 0.416 e. The molecule has 0 bridgehead atoms. The Morgan fingerprint density at radius 2 is 0.840 bits per heavy atom. The van der Waals surface area contributed by atoms with Crippen molar-refractivity contribution >= 4 is 44.2 Å². The van der Waals surface area contributed by atoms with E-state index in [0.29, 0.717) is 38.7 Å². The van der Waals surface area contributed by atoms with Crippen molar-refractivity contribution in [3.8, 4) is 34.9 Å². The summed E-state index contributed by atoms with van der Waals surface area (Å²) in [7, 11) is 0. The van der Waals surface area contributed by atoms with Gasteiger partial charge >= 0.3 is 24.7 Å². The predicted octanol–water partition coefficient (Wildman–Crippen LogP) is 16.0. The van der Waals surface area contributed by atoms with Crippen LogP contribution in [0.15, 0.2) is 170 Å². The zero-order valence-corrected chi connectivity index (χ0v) is 51.7. The number of nitrogens with one attached hydrogen (secondary N) is 1. The number of hydrogen-bond acceptors (Lipinski definition) is 11. The van der Waals surface area contributed by atoms with Crippen LogP contribution in [-0.2, 0) is 50.5 Å². The average molecular weight is 1500 g/mol. The first-order chi connectivity index (χ1) is 44.4. The summed E-state index contributed by atoms with van der Waals surface area (Å²) in [6.07, 6.45) is -17.2. The summed E-state index contributed by atoms with van der Waals surface area (Å²) >= 11 is 4.96. The summed E-state index contributed by atoms with van der Waals surface area (Å²) in [6.45, 7) is 0.216. The Kier molecular flexibility index (Phi) is 28.2. The maximum absolute atomic E-state index is 14.3. The summed E-state index contributed by atoms with van der Waals surface area (Å²) < 4.78 is 204. The molecule has 0 saturated carbocycles. The van der Waals surface area contributed by atoms with Gasteiger partial charge in [-0.2, -0.15) is 73.2 Å². The van der Waals surface area contributed by atoms with E-state index >= 15 is 0 Å². The SMILES string of the molecule is FC(F)(F)c1ccc(I)cc1.Fc1cccc(-c2nn[nH]n2)c1Cc1ccc(C(F)(F)F)cc1.N#Cc1cccc(F)c1Cc1ccc(C(F)(F)F)cc1.N#Cc1cccc(F)c1N.OCCBr.OCCn1nnc(-c2cccc(F)c2Cc2ccc(C(F)(F)F)cc2)n1. The summed E-state index contributed by atoms with van der Waals surface area (Å²) in [5.74, 6) is -1.66. The van der Waals surface area contributed by atoms with Gasteiger partial charge in [0.15, 0.2) is 0 Å². The van der Waals surface area contributed by atoms with Crippen LogP contribution in [0, 0.1) is 49.5 Å². The van der Waals surface area contributed by atoms with Crippen molar-refractivity contribution in [1.29, 1.82) is 10.5 Å². The van der Waals surface area contributed by atoms with Gasteiger partial charge in [-0.05, 0) is 147 Å². The molecule has 8 aromatic carbocycles. The number of para-hydroxylation sites is 1. The third kappa shape index (κ3) is 23.1. The first-order valence-corrected chi connectivity index (χ1v) is 28.9. The second-order valence-electron chi connectivity index (χ2n) is 18.9. The van der Waals surface area contributed by atoms with Crippen LogP contribution >= 0.6 is 38.5 Å². The highest BCUT2D eigenvalue weighted by atomic mass is 127. The number of nitrogen functional groups attached to an aromatic ring is 1. The summed E-state index contributed by atoms with van der Waals surface area (Å²) in [6, 6.07) is 39.3. The maximum Gasteiger partial charge on any atom is 0.416 e. The molecule has 492 valence electrons. The Labute approximate surface area is 546 Å². The zero-order valence-electron chi connectivity index (χ0n) is 47.9. The molecule has 2 aromatic heterocycles. The van der Waals surface area contributed by atoms with Gasteiger partial charge in [-0.15, -0.1) is 20.4 Å². The molecule has 31 heteroatoms. The number of tetrazole rings is 2. The van der Waals surface area contributed by atoms with Gasteiger partial charge in [0.1, 0.15) is 29.3 Å². The molecular formula is C63H47BrF16IN11O2. The highest BCUT2D eigenvalue weighted by Gasteiger charge is 2.33. The molecule has 10 rings (SSSR count). The number of alkyl halides is 13. The van der Waals surface area contributed by atoms with E-state index in [1.54, 1.807) is 18.2 Å². The normalized spacial score (nSPS) is 11.1. The van der Waals surface area contributed by atoms with E-state index < -0.39 is 70.2 Å². The fraction of sp³-hybridized carbons (Fsp3) is 0.175. The van der Waals surface area contributed by atoms with Crippen LogP contribution in [0.25, 0.3) is 22.8 Å². The molecule has 0 amide bonds. The summed E-state index contributed by atoms with van der Waals surface area (Å²) in [5, 5.41) is 59.7. The lowest BCUT2D eigenvalue weighted by Crippen LogP contribution is -2.06. The van der Waals surface area contributed by atoms with E-state index in [-0.39, 0.29) is 78.6 Å². The molecule has 0 aliphatic heterocycles. The van der Waals surface area contributed by atoms with Crippen LogP contribution in [0.4, 0.5) is 75.9 Å². The molecule has 0 aliphatic rings. The van der Waals surface area contributed by atoms with Gasteiger partial charge in [-0.1, -0.05) is 88.7 Å². The van der Waals surface area contributed by atoms with Crippen LogP contribution in [0.5, 0.6) is 0 Å². The van der Waals surface area contributed by atoms with E-state index in [1.165, 1.54) is 114 Å². The van der Waals surface area contributed by atoms with Gasteiger partial charge in [0.05, 0.1) is 64.9 Å². The van der Waals surface area contributed by atoms with Gasteiger partial charge in [-0.3, -0.25) is 0 Å². The molecule has 0 spiro atoms. The number of benzene rings is 8. The van der Waals surface area contributed by atoms with Crippen LogP contribution in [0.2, 0.25) is 0 Å². The number of nitrogens with zero attached hydrogens (tertiary/aromatic N) is 9. The smallest absolute Gasteiger partial charge is 0.396 e. The molecule has 2 heterocycles. The van der Waals surface area contributed by atoms with Gasteiger partial charge < -0.3 is 15.9 Å². The Morgan fingerprint density at radius 3 is 1.20 bits per heavy atom. The van der Waals surface area contributed by atoms with Gasteiger partial charge in [0.25, 0.3) is 0 Å². The van der Waals surface area contributed by atoms with Crippen molar-refractivity contribution < 1.29 is 80.5 Å². The van der Waals surface area contributed by atoms with Crippen LogP contribution in [0.1, 0.15) is 66.8 Å². The van der Waals surface area contributed by atoms with Gasteiger partial charge in [0, 0.05) is 56.0 Å². The monoisotopic (exact) mass is 1500 g/mol. The standard InChI is InChI=1S/C17H14F4N4O.C15H10F4N4.C15H9F4N.C7H4F3I.C7H5FN2.C2H5BrO/c18-15-3-1-2-13(16-22-24-25(23-16)8-9-26)14(15)10-11-4-6-12(7-5-11)17(19,20)21;16-13-3-1-2-11(14-20-22-23-21-14)12(13)8-9-4-6-10(7-5-9)15(17,18)19;16-14-3-1-2-11(9-20)13(14)8-10-4-6-12(7-5-10)15(17,18)19;8-7(9,10)5-1-3-6(11)4-2-5;8-6-3-1-2-5(4-9)7(6)10;3-1-2-4/h1-7,26H,8-10H2;1-7H,8H2,(H,20,21,22,23);1-7H,8H2;1-4H;1-3H,10H2;4H,1-2H2. The van der Waals surface area contributed by atoms with Gasteiger partial charge in [-0.25, -0.2) is 17.6 Å². The minimum absolute atomic E-state index is 0.0771. The molecule has 0 fully saturated rings. The van der Waals surface area contributed by atoms with Crippen molar-refractivity contribution in [2.45, 2.75) is 50.5 Å². The molecule has 13 nitrogen and oxygen atoms in total. The molecule has 0 unspecified atom stereocenters. The number of halogens is 18. The van der Waals surface area contributed by atoms with Crippen molar-refractivity contribution in [3.05, 3.63) is 263 Å². The van der Waals surface area contributed by atoms with Crippen LogP contribution in [0.3, 0.4) is 0 Å². The number of nitrogens with two attached hydrogens (primary N) is 1. The topological polar surface area (TPSA) is 212 Å². The fourth-order valence-electron chi connectivity index (χ4n) is 7.87. The minimum atomic E-state index is -4.42. The third-order valence-electron chi connectivity index (χ3n) is 12.5. The van der Waals surface area contributed by atoms with E-state index in [1.807, 2.05) is 28.7 Å². The molecule has 0 atom stereocenters. The fourth-order valence-corrected chi connectivity index (χ4v) is 8.23. The number of aromatic nitrogens is 8.